The molecule has 0 unspecified atom stereocenters. The number of aryl methyl sites for hydroxylation is 2. The summed E-state index contributed by atoms with van der Waals surface area (Å²) in [6.07, 6.45) is 0.728. The number of hydrogen-bond acceptors (Lipinski definition) is 4. The first-order valence-corrected chi connectivity index (χ1v) is 7.96. The van der Waals surface area contributed by atoms with Gasteiger partial charge in [-0.3, -0.25) is 4.79 Å². The number of amides is 1. The Morgan fingerprint density at radius 2 is 1.83 bits per heavy atom. The Hall–Kier alpha value is -2.69. The number of rotatable bonds is 6. The molecular weight excluding hydrogens is 306 g/mol. The number of ether oxygens (including phenoxy) is 3. The minimum absolute atomic E-state index is 0.0179. The molecule has 2 aromatic carbocycles. The van der Waals surface area contributed by atoms with Gasteiger partial charge >= 0.3 is 0 Å². The molecule has 0 atom stereocenters. The van der Waals surface area contributed by atoms with E-state index in [1.807, 2.05) is 44.2 Å². The molecule has 1 aliphatic heterocycles. The summed E-state index contributed by atoms with van der Waals surface area (Å²) < 4.78 is 16.2. The second-order valence-corrected chi connectivity index (χ2v) is 5.90. The Morgan fingerprint density at radius 3 is 2.62 bits per heavy atom. The van der Waals surface area contributed by atoms with Crippen LogP contribution in [0.2, 0.25) is 0 Å². The van der Waals surface area contributed by atoms with Crippen LogP contribution in [0.3, 0.4) is 0 Å². The highest BCUT2D eigenvalue weighted by molar-refractivity contribution is 5.77. The summed E-state index contributed by atoms with van der Waals surface area (Å²) in [7, 11) is 0. The van der Waals surface area contributed by atoms with Crippen molar-refractivity contribution in [1.29, 1.82) is 0 Å². The zero-order valence-electron chi connectivity index (χ0n) is 13.9. The molecule has 1 amide bonds. The van der Waals surface area contributed by atoms with Crippen molar-refractivity contribution >= 4 is 5.91 Å². The zero-order chi connectivity index (χ0) is 16.9. The van der Waals surface area contributed by atoms with Gasteiger partial charge in [0.2, 0.25) is 6.79 Å². The fraction of sp³-hybridized carbons (Fsp3) is 0.316. The van der Waals surface area contributed by atoms with Crippen molar-refractivity contribution in [3.8, 4) is 17.2 Å². The van der Waals surface area contributed by atoms with E-state index < -0.39 is 0 Å². The smallest absolute Gasteiger partial charge is 0.257 e. The molecule has 1 heterocycles. The Morgan fingerprint density at radius 1 is 1.08 bits per heavy atom. The van der Waals surface area contributed by atoms with Crippen LogP contribution in [0.5, 0.6) is 17.2 Å². The second kappa shape index (κ2) is 7.25. The van der Waals surface area contributed by atoms with Crippen LogP contribution in [0.4, 0.5) is 0 Å². The Bertz CT molecular complexity index is 722. The normalized spacial score (nSPS) is 12.1. The molecule has 0 saturated heterocycles. The van der Waals surface area contributed by atoms with Crippen LogP contribution >= 0.6 is 0 Å². The molecule has 24 heavy (non-hydrogen) atoms. The van der Waals surface area contributed by atoms with Crippen LogP contribution < -0.4 is 19.5 Å². The van der Waals surface area contributed by atoms with E-state index >= 15 is 0 Å². The lowest BCUT2D eigenvalue weighted by atomic mass is 10.1. The van der Waals surface area contributed by atoms with Crippen LogP contribution in [-0.2, 0) is 11.2 Å². The first-order valence-electron chi connectivity index (χ1n) is 7.96. The lowest BCUT2D eigenvalue weighted by Gasteiger charge is -2.09. The minimum Gasteiger partial charge on any atom is -0.484 e. The molecule has 0 aliphatic carbocycles. The van der Waals surface area contributed by atoms with Gasteiger partial charge in [0, 0.05) is 6.54 Å². The van der Waals surface area contributed by atoms with Gasteiger partial charge in [0.1, 0.15) is 5.75 Å². The lowest BCUT2D eigenvalue weighted by molar-refractivity contribution is -0.123. The molecule has 126 valence electrons. The van der Waals surface area contributed by atoms with E-state index in [9.17, 15) is 4.79 Å². The van der Waals surface area contributed by atoms with Crippen molar-refractivity contribution in [2.45, 2.75) is 20.3 Å². The quantitative estimate of drug-likeness (QED) is 0.886. The van der Waals surface area contributed by atoms with Crippen molar-refractivity contribution in [3.05, 3.63) is 53.1 Å². The highest BCUT2D eigenvalue weighted by Crippen LogP contribution is 2.32. The molecule has 0 fully saturated rings. The first kappa shape index (κ1) is 16.2. The van der Waals surface area contributed by atoms with Crippen molar-refractivity contribution in [1.82, 2.24) is 5.32 Å². The largest absolute Gasteiger partial charge is 0.484 e. The van der Waals surface area contributed by atoms with E-state index in [-0.39, 0.29) is 19.3 Å². The van der Waals surface area contributed by atoms with Gasteiger partial charge in [-0.05, 0) is 61.2 Å². The van der Waals surface area contributed by atoms with Crippen LogP contribution in [0.25, 0.3) is 0 Å². The second-order valence-electron chi connectivity index (χ2n) is 5.90. The Balaban J connectivity index is 1.42. The van der Waals surface area contributed by atoms with Crippen LogP contribution in [0.1, 0.15) is 16.7 Å². The summed E-state index contributed by atoms with van der Waals surface area (Å²) in [5.74, 6) is 2.12. The highest BCUT2D eigenvalue weighted by Gasteiger charge is 2.13. The van der Waals surface area contributed by atoms with E-state index in [1.54, 1.807) is 0 Å². The van der Waals surface area contributed by atoms with Gasteiger partial charge in [-0.25, -0.2) is 0 Å². The fourth-order valence-corrected chi connectivity index (χ4v) is 2.66. The lowest BCUT2D eigenvalue weighted by Crippen LogP contribution is -2.30. The summed E-state index contributed by atoms with van der Waals surface area (Å²) in [5.41, 5.74) is 3.33. The van der Waals surface area contributed by atoms with Gasteiger partial charge in [0.15, 0.2) is 18.1 Å². The fourth-order valence-electron chi connectivity index (χ4n) is 2.66. The van der Waals surface area contributed by atoms with Crippen molar-refractivity contribution in [2.75, 3.05) is 19.9 Å². The average Bonchev–Trinajstić information content (AvgIpc) is 3.00. The molecule has 0 radical (unpaired) electrons. The van der Waals surface area contributed by atoms with Crippen molar-refractivity contribution in [3.63, 3.8) is 0 Å². The SMILES string of the molecule is Cc1cc(C)cc(OCC(=O)NCCc2ccc3c(c2)OCO3)c1. The minimum atomic E-state index is -0.130. The molecule has 0 bridgehead atoms. The maximum Gasteiger partial charge on any atom is 0.257 e. The molecule has 0 spiro atoms. The van der Waals surface area contributed by atoms with E-state index in [4.69, 9.17) is 14.2 Å². The van der Waals surface area contributed by atoms with E-state index in [0.717, 1.165) is 40.4 Å². The number of nitrogens with one attached hydrogen (secondary N) is 1. The van der Waals surface area contributed by atoms with E-state index in [0.29, 0.717) is 6.54 Å². The third-order valence-electron chi connectivity index (χ3n) is 3.74. The maximum absolute atomic E-state index is 11.9. The van der Waals surface area contributed by atoms with Gasteiger partial charge in [-0.2, -0.15) is 0 Å². The van der Waals surface area contributed by atoms with Crippen LogP contribution in [-0.4, -0.2) is 25.9 Å². The topological polar surface area (TPSA) is 56.8 Å². The summed E-state index contributed by atoms with van der Waals surface area (Å²) >= 11 is 0. The van der Waals surface area contributed by atoms with E-state index in [1.165, 1.54) is 0 Å². The Labute approximate surface area is 141 Å². The number of carbonyl (C=O) groups excluding carboxylic acids is 1. The molecule has 1 N–H and O–H groups in total. The molecule has 5 nitrogen and oxygen atoms in total. The molecule has 0 saturated carbocycles. The van der Waals surface area contributed by atoms with Gasteiger partial charge < -0.3 is 19.5 Å². The molecule has 1 aliphatic rings. The summed E-state index contributed by atoms with van der Waals surface area (Å²) in [6.45, 7) is 4.85. The van der Waals surface area contributed by atoms with Gasteiger partial charge in [-0.15, -0.1) is 0 Å². The standard InChI is InChI=1S/C19H21NO4/c1-13-7-14(2)9-16(8-13)22-11-19(21)20-6-5-15-3-4-17-18(10-15)24-12-23-17/h3-4,7-10H,5-6,11-12H2,1-2H3,(H,20,21). The monoisotopic (exact) mass is 327 g/mol. The number of fused-ring (bicyclic) bond motifs is 1. The van der Waals surface area contributed by atoms with Crippen molar-refractivity contribution < 1.29 is 19.0 Å². The van der Waals surface area contributed by atoms with E-state index in [2.05, 4.69) is 11.4 Å². The van der Waals surface area contributed by atoms with Gasteiger partial charge in [0.05, 0.1) is 0 Å². The molecule has 0 aromatic heterocycles. The zero-order valence-corrected chi connectivity index (χ0v) is 13.9. The molecule has 5 heteroatoms. The molecule has 3 rings (SSSR count). The Kier molecular flexibility index (Phi) is 4.89. The first-order chi connectivity index (χ1) is 11.6. The predicted molar refractivity (Wildman–Crippen MR) is 90.7 cm³/mol. The highest BCUT2D eigenvalue weighted by atomic mass is 16.7. The summed E-state index contributed by atoms with van der Waals surface area (Å²) in [6, 6.07) is 11.7. The van der Waals surface area contributed by atoms with Gasteiger partial charge in [0.25, 0.3) is 5.91 Å². The molecular formula is C19H21NO4. The predicted octanol–water partition coefficient (Wildman–Crippen LogP) is 2.77. The average molecular weight is 327 g/mol. The van der Waals surface area contributed by atoms with Gasteiger partial charge in [-0.1, -0.05) is 12.1 Å². The van der Waals surface area contributed by atoms with Crippen molar-refractivity contribution in [2.24, 2.45) is 0 Å². The molecule has 2 aromatic rings. The van der Waals surface area contributed by atoms with Crippen LogP contribution in [0.15, 0.2) is 36.4 Å². The third-order valence-corrected chi connectivity index (χ3v) is 3.74. The number of carbonyl (C=O) groups is 1. The third kappa shape index (κ3) is 4.19. The maximum atomic E-state index is 11.9. The number of benzene rings is 2. The number of hydrogen-bond donors (Lipinski definition) is 1. The van der Waals surface area contributed by atoms with Crippen LogP contribution in [0, 0.1) is 13.8 Å². The summed E-state index contributed by atoms with van der Waals surface area (Å²) in [5, 5.41) is 2.86. The summed E-state index contributed by atoms with van der Waals surface area (Å²) in [4.78, 5) is 11.9.